The van der Waals surface area contributed by atoms with E-state index in [1.54, 1.807) is 13.1 Å². The van der Waals surface area contributed by atoms with Gasteiger partial charge in [0.1, 0.15) is 11.6 Å². The van der Waals surface area contributed by atoms with Gasteiger partial charge in [-0.15, -0.1) is 0 Å². The number of ether oxygens (including phenoxy) is 1. The maximum absolute atomic E-state index is 14.2. The highest BCUT2D eigenvalue weighted by Crippen LogP contribution is 2.29. The molecule has 3 N–H and O–H groups in total. The van der Waals surface area contributed by atoms with Crippen molar-refractivity contribution in [3.8, 4) is 17.3 Å². The van der Waals surface area contributed by atoms with Crippen molar-refractivity contribution in [2.75, 3.05) is 57.1 Å². The van der Waals surface area contributed by atoms with Gasteiger partial charge >= 0.3 is 0 Å². The molecule has 1 saturated heterocycles. The van der Waals surface area contributed by atoms with Crippen LogP contribution in [0.1, 0.15) is 11.4 Å². The fourth-order valence-electron chi connectivity index (χ4n) is 3.89. The Bertz CT molecular complexity index is 1330. The number of sulfonamides is 1. The van der Waals surface area contributed by atoms with Crippen LogP contribution >= 0.6 is 0 Å². The van der Waals surface area contributed by atoms with Crippen molar-refractivity contribution >= 4 is 27.5 Å². The van der Waals surface area contributed by atoms with Crippen LogP contribution in [0.3, 0.4) is 0 Å². The van der Waals surface area contributed by atoms with E-state index in [-0.39, 0.29) is 11.8 Å². The maximum Gasteiger partial charge on any atom is 0.250 e. The Hall–Kier alpha value is -3.49. The van der Waals surface area contributed by atoms with Gasteiger partial charge in [-0.25, -0.2) is 27.8 Å². The molecule has 0 saturated carbocycles. The Kier molecular flexibility index (Phi) is 7.56. The number of nitrogens with one attached hydrogen (secondary N) is 1. The lowest BCUT2D eigenvalue weighted by Crippen LogP contribution is -2.48. The number of piperazine rings is 1. The first-order valence-corrected chi connectivity index (χ1v) is 13.1. The van der Waals surface area contributed by atoms with Gasteiger partial charge < -0.3 is 20.7 Å². The predicted octanol–water partition coefficient (Wildman–Crippen LogP) is 1.23. The van der Waals surface area contributed by atoms with Crippen LogP contribution in [0.15, 0.2) is 24.5 Å². The number of aromatic nitrogens is 5. The second kappa shape index (κ2) is 10.6. The van der Waals surface area contributed by atoms with E-state index in [0.717, 1.165) is 12.1 Å². The lowest BCUT2D eigenvalue weighted by Gasteiger charge is -2.33. The largest absolute Gasteiger partial charge is 0.479 e. The van der Waals surface area contributed by atoms with Gasteiger partial charge in [-0.05, 0) is 25.0 Å². The smallest absolute Gasteiger partial charge is 0.250 e. The zero-order valence-corrected chi connectivity index (χ0v) is 21.1. The standard InChI is InChI=1S/C22H28FN9O3S/c1-14-27-20(30-22(24)28-14)17-10-15(4-5-31-6-8-32(9-7-31)36(3,33)34)12-25-19(17)29-16-11-18(23)21(35-2)26-13-16/h10-13H,4-9H2,1-3H3,(H,25,29)(H2,24,27,28,30). The minimum absolute atomic E-state index is 0.0785. The molecular weight excluding hydrogens is 489 g/mol. The summed E-state index contributed by atoms with van der Waals surface area (Å²) in [7, 11) is -1.83. The molecule has 4 rings (SSSR count). The van der Waals surface area contributed by atoms with Crippen LogP contribution in [0.4, 0.5) is 21.8 Å². The maximum atomic E-state index is 14.2. The van der Waals surface area contributed by atoms with Crippen LogP contribution in [-0.2, 0) is 16.4 Å². The van der Waals surface area contributed by atoms with Crippen molar-refractivity contribution < 1.29 is 17.5 Å². The summed E-state index contributed by atoms with van der Waals surface area (Å²) in [6.45, 7) is 4.71. The first kappa shape index (κ1) is 25.6. The van der Waals surface area contributed by atoms with E-state index in [1.807, 2.05) is 6.07 Å². The van der Waals surface area contributed by atoms with Crippen molar-refractivity contribution in [3.05, 3.63) is 41.7 Å². The first-order valence-electron chi connectivity index (χ1n) is 11.2. The summed E-state index contributed by atoms with van der Waals surface area (Å²) in [4.78, 5) is 23.4. The Morgan fingerprint density at radius 1 is 1.11 bits per heavy atom. The zero-order chi connectivity index (χ0) is 25.9. The number of rotatable bonds is 8. The summed E-state index contributed by atoms with van der Waals surface area (Å²) in [5.74, 6) is 0.543. The van der Waals surface area contributed by atoms with Crippen LogP contribution in [0.5, 0.6) is 5.88 Å². The Balaban J connectivity index is 1.56. The van der Waals surface area contributed by atoms with E-state index in [2.05, 4.69) is 35.1 Å². The molecule has 14 heteroatoms. The van der Waals surface area contributed by atoms with E-state index < -0.39 is 15.8 Å². The van der Waals surface area contributed by atoms with Crippen molar-refractivity contribution in [3.63, 3.8) is 0 Å². The Morgan fingerprint density at radius 2 is 1.86 bits per heavy atom. The van der Waals surface area contributed by atoms with E-state index in [1.165, 1.54) is 29.9 Å². The van der Waals surface area contributed by atoms with Gasteiger partial charge in [0.2, 0.25) is 21.9 Å². The number of nitrogen functional groups attached to an aromatic ring is 1. The van der Waals surface area contributed by atoms with E-state index in [4.69, 9.17) is 10.5 Å². The van der Waals surface area contributed by atoms with Crippen LogP contribution in [0.2, 0.25) is 0 Å². The lowest BCUT2D eigenvalue weighted by molar-refractivity contribution is 0.191. The Morgan fingerprint density at radius 3 is 2.50 bits per heavy atom. The van der Waals surface area contributed by atoms with Crippen molar-refractivity contribution in [1.82, 2.24) is 34.1 Å². The van der Waals surface area contributed by atoms with Gasteiger partial charge in [0.25, 0.3) is 0 Å². The van der Waals surface area contributed by atoms with Crippen LogP contribution in [0.25, 0.3) is 11.4 Å². The normalized spacial score (nSPS) is 15.1. The van der Waals surface area contributed by atoms with Gasteiger partial charge in [0.05, 0.1) is 30.8 Å². The molecule has 0 unspecified atom stereocenters. The molecule has 1 aliphatic rings. The molecule has 0 aliphatic carbocycles. The third-order valence-corrected chi connectivity index (χ3v) is 7.03. The quantitative estimate of drug-likeness (QED) is 0.444. The molecule has 0 radical (unpaired) electrons. The fourth-order valence-corrected chi connectivity index (χ4v) is 4.72. The highest BCUT2D eigenvalue weighted by Gasteiger charge is 2.23. The predicted molar refractivity (Wildman–Crippen MR) is 133 cm³/mol. The SMILES string of the molecule is COc1ncc(Nc2ncc(CCN3CCN(S(C)(=O)=O)CC3)cc2-c2nc(C)nc(N)n2)cc1F. The van der Waals surface area contributed by atoms with Crippen molar-refractivity contribution in [1.29, 1.82) is 0 Å². The third kappa shape index (κ3) is 6.19. The average molecular weight is 518 g/mol. The third-order valence-electron chi connectivity index (χ3n) is 5.73. The molecule has 0 aromatic carbocycles. The lowest BCUT2D eigenvalue weighted by atomic mass is 10.1. The van der Waals surface area contributed by atoms with Gasteiger partial charge in [0, 0.05) is 45.0 Å². The number of nitrogens with zero attached hydrogens (tertiary/aromatic N) is 7. The van der Waals surface area contributed by atoms with E-state index in [0.29, 0.717) is 61.3 Å². The molecule has 0 atom stereocenters. The number of methoxy groups -OCH3 is 1. The number of pyridine rings is 2. The minimum Gasteiger partial charge on any atom is -0.479 e. The molecule has 192 valence electrons. The summed E-state index contributed by atoms with van der Waals surface area (Å²) in [5.41, 5.74) is 7.73. The second-order valence-electron chi connectivity index (χ2n) is 8.40. The molecule has 4 heterocycles. The molecule has 0 amide bonds. The summed E-state index contributed by atoms with van der Waals surface area (Å²) in [6, 6.07) is 3.16. The van der Waals surface area contributed by atoms with Gasteiger partial charge in [0.15, 0.2) is 11.6 Å². The first-order chi connectivity index (χ1) is 17.1. The van der Waals surface area contributed by atoms with Gasteiger partial charge in [-0.2, -0.15) is 14.3 Å². The fraction of sp³-hybridized carbons (Fsp3) is 0.409. The van der Waals surface area contributed by atoms with Crippen molar-refractivity contribution in [2.24, 2.45) is 0 Å². The molecule has 1 fully saturated rings. The number of anilines is 3. The zero-order valence-electron chi connectivity index (χ0n) is 20.3. The molecule has 0 spiro atoms. The van der Waals surface area contributed by atoms with Crippen LogP contribution in [-0.4, -0.2) is 88.6 Å². The van der Waals surface area contributed by atoms with E-state index in [9.17, 15) is 12.8 Å². The molecule has 1 aliphatic heterocycles. The summed E-state index contributed by atoms with van der Waals surface area (Å²) in [6.07, 6.45) is 5.07. The molecule has 3 aromatic heterocycles. The molecule has 3 aromatic rings. The number of hydrogen-bond acceptors (Lipinski definition) is 11. The Labute approximate surface area is 208 Å². The number of aryl methyl sites for hydroxylation is 1. The number of nitrogens with two attached hydrogens (primary N) is 1. The minimum atomic E-state index is -3.17. The summed E-state index contributed by atoms with van der Waals surface area (Å²) >= 11 is 0. The molecule has 0 bridgehead atoms. The van der Waals surface area contributed by atoms with Crippen molar-refractivity contribution in [2.45, 2.75) is 13.3 Å². The molecule has 36 heavy (non-hydrogen) atoms. The van der Waals surface area contributed by atoms with Crippen LogP contribution < -0.4 is 15.8 Å². The summed E-state index contributed by atoms with van der Waals surface area (Å²) < 4.78 is 44.0. The average Bonchev–Trinajstić information content (AvgIpc) is 2.82. The van der Waals surface area contributed by atoms with Gasteiger partial charge in [-0.3, -0.25) is 0 Å². The number of hydrogen-bond donors (Lipinski definition) is 2. The van der Waals surface area contributed by atoms with Crippen LogP contribution in [0, 0.1) is 12.7 Å². The molecule has 12 nitrogen and oxygen atoms in total. The monoisotopic (exact) mass is 517 g/mol. The number of halogens is 1. The van der Waals surface area contributed by atoms with E-state index >= 15 is 0 Å². The second-order valence-corrected chi connectivity index (χ2v) is 10.4. The topological polar surface area (TPSA) is 152 Å². The molecular formula is C22H28FN9O3S. The highest BCUT2D eigenvalue weighted by molar-refractivity contribution is 7.88. The summed E-state index contributed by atoms with van der Waals surface area (Å²) in [5, 5.41) is 3.07. The van der Waals surface area contributed by atoms with Gasteiger partial charge in [-0.1, -0.05) is 0 Å². The highest BCUT2D eigenvalue weighted by atomic mass is 32.2.